The van der Waals surface area contributed by atoms with Crippen LogP contribution in [0.15, 0.2) is 36.2 Å². The summed E-state index contributed by atoms with van der Waals surface area (Å²) in [4.78, 5) is 12.6. The van der Waals surface area contributed by atoms with Gasteiger partial charge in [0, 0.05) is 25.3 Å². The van der Waals surface area contributed by atoms with E-state index in [1.54, 1.807) is 7.11 Å². The van der Waals surface area contributed by atoms with Crippen LogP contribution < -0.4 is 15.8 Å². The molecule has 0 atom stereocenters. The van der Waals surface area contributed by atoms with Crippen molar-refractivity contribution in [1.29, 1.82) is 0 Å². The number of ether oxygens (including phenoxy) is 2. The minimum absolute atomic E-state index is 0.145. The fourth-order valence-corrected chi connectivity index (χ4v) is 4.77. The fourth-order valence-electron chi connectivity index (χ4n) is 4.77. The van der Waals surface area contributed by atoms with E-state index in [0.29, 0.717) is 23.8 Å². The Kier molecular flexibility index (Phi) is 4.72. The Hall–Kier alpha value is -1.92. The predicted octanol–water partition coefficient (Wildman–Crippen LogP) is 2.59. The van der Waals surface area contributed by atoms with Gasteiger partial charge in [0.15, 0.2) is 0 Å². The maximum atomic E-state index is 12.6. The summed E-state index contributed by atoms with van der Waals surface area (Å²) in [6.07, 6.45) is 5.43. The van der Waals surface area contributed by atoms with Gasteiger partial charge in [0.1, 0.15) is 12.4 Å². The summed E-state index contributed by atoms with van der Waals surface area (Å²) in [5.74, 6) is 0.916. The van der Waals surface area contributed by atoms with Crippen molar-refractivity contribution < 1.29 is 18.7 Å². The van der Waals surface area contributed by atoms with E-state index >= 15 is 0 Å². The number of amides is 1. The highest BCUT2D eigenvalue weighted by atomic mass is 19.1. The molecule has 0 heterocycles. The van der Waals surface area contributed by atoms with Crippen molar-refractivity contribution in [2.75, 3.05) is 20.3 Å². The van der Waals surface area contributed by atoms with Crippen LogP contribution in [-0.4, -0.2) is 38.3 Å². The molecule has 1 aromatic carbocycles. The van der Waals surface area contributed by atoms with Gasteiger partial charge in [-0.05, 0) is 55.2 Å². The summed E-state index contributed by atoms with van der Waals surface area (Å²) in [5.41, 5.74) is 7.10. The van der Waals surface area contributed by atoms with E-state index in [1.165, 1.54) is 5.56 Å². The van der Waals surface area contributed by atoms with Gasteiger partial charge in [-0.25, -0.2) is 4.39 Å². The molecule has 4 aliphatic rings. The zero-order valence-corrected chi connectivity index (χ0v) is 15.7. The lowest BCUT2D eigenvalue weighted by molar-refractivity contribution is -0.178. The first-order chi connectivity index (χ1) is 13.0. The molecule has 1 aromatic rings. The van der Waals surface area contributed by atoms with Gasteiger partial charge in [0.05, 0.1) is 17.8 Å². The van der Waals surface area contributed by atoms with Crippen LogP contribution in [-0.2, 0) is 14.9 Å². The molecule has 27 heavy (non-hydrogen) atoms. The standard InChI is InChI=1S/C21H27FN2O3/c1-26-18-6-16(7-18)24-19(25)21-11-20(12-21,13-21)15-2-4-17(5-3-15)27-10-14(8-22)9-23/h2-5,8,16,18H,6-7,9-13,23H2,1H3,(H,24,25)/b14-8+/t16-,18-,20?,21?. The second-order valence-electron chi connectivity index (χ2n) is 8.38. The Morgan fingerprint density at radius 2 is 1.96 bits per heavy atom. The Balaban J connectivity index is 1.28. The molecule has 2 bridgehead atoms. The average Bonchev–Trinajstić information content (AvgIpc) is 2.57. The van der Waals surface area contributed by atoms with Crippen molar-refractivity contribution in [2.45, 2.75) is 49.7 Å². The molecule has 0 aliphatic heterocycles. The largest absolute Gasteiger partial charge is 0.489 e. The Morgan fingerprint density at radius 1 is 1.30 bits per heavy atom. The molecule has 6 heteroatoms. The van der Waals surface area contributed by atoms with Crippen LogP contribution in [0.4, 0.5) is 4.39 Å². The van der Waals surface area contributed by atoms with E-state index in [0.717, 1.165) is 32.1 Å². The summed E-state index contributed by atoms with van der Waals surface area (Å²) in [7, 11) is 1.72. The lowest BCUT2D eigenvalue weighted by Gasteiger charge is -2.70. The van der Waals surface area contributed by atoms with Gasteiger partial charge in [-0.1, -0.05) is 12.1 Å². The van der Waals surface area contributed by atoms with E-state index in [1.807, 2.05) is 12.1 Å². The van der Waals surface area contributed by atoms with Crippen LogP contribution in [0.3, 0.4) is 0 Å². The summed E-state index contributed by atoms with van der Waals surface area (Å²) in [6.45, 7) is 0.306. The highest BCUT2D eigenvalue weighted by Gasteiger charge is 2.71. The SMILES string of the molecule is CO[C@H]1C[C@H](NC(=O)C23CC(c4ccc(OC/C(=C/F)CN)cc4)(C2)C3)C1. The molecule has 5 nitrogen and oxygen atoms in total. The van der Waals surface area contributed by atoms with Crippen LogP contribution in [0.25, 0.3) is 0 Å². The molecule has 0 spiro atoms. The van der Waals surface area contributed by atoms with Crippen molar-refractivity contribution >= 4 is 5.91 Å². The zero-order valence-electron chi connectivity index (χ0n) is 15.7. The maximum Gasteiger partial charge on any atom is 0.226 e. The van der Waals surface area contributed by atoms with E-state index in [2.05, 4.69) is 17.4 Å². The second-order valence-corrected chi connectivity index (χ2v) is 8.38. The molecule has 4 aliphatic carbocycles. The first-order valence-electron chi connectivity index (χ1n) is 9.58. The van der Waals surface area contributed by atoms with Crippen molar-refractivity contribution in [3.63, 3.8) is 0 Å². The van der Waals surface area contributed by atoms with Crippen molar-refractivity contribution in [3.05, 3.63) is 41.7 Å². The minimum Gasteiger partial charge on any atom is -0.489 e. The van der Waals surface area contributed by atoms with Gasteiger partial charge in [-0.2, -0.15) is 0 Å². The van der Waals surface area contributed by atoms with Crippen molar-refractivity contribution in [3.8, 4) is 5.75 Å². The summed E-state index contributed by atoms with van der Waals surface area (Å²) in [6, 6.07) is 8.22. The minimum atomic E-state index is -0.157. The molecule has 146 valence electrons. The Labute approximate surface area is 159 Å². The van der Waals surface area contributed by atoms with E-state index in [9.17, 15) is 9.18 Å². The summed E-state index contributed by atoms with van der Waals surface area (Å²) < 4.78 is 23.4. The number of nitrogens with one attached hydrogen (secondary N) is 1. The molecule has 0 unspecified atom stereocenters. The molecule has 0 saturated heterocycles. The van der Waals surface area contributed by atoms with Crippen molar-refractivity contribution in [1.82, 2.24) is 5.32 Å². The van der Waals surface area contributed by atoms with Crippen LogP contribution in [0.2, 0.25) is 0 Å². The predicted molar refractivity (Wildman–Crippen MR) is 100 cm³/mol. The summed E-state index contributed by atoms with van der Waals surface area (Å²) in [5, 5.41) is 3.19. The van der Waals surface area contributed by atoms with Crippen LogP contribution >= 0.6 is 0 Å². The number of methoxy groups -OCH3 is 1. The normalized spacial score (nSPS) is 34.1. The van der Waals surface area contributed by atoms with Gasteiger partial charge in [0.2, 0.25) is 5.91 Å². The van der Waals surface area contributed by atoms with E-state index in [4.69, 9.17) is 15.2 Å². The Morgan fingerprint density at radius 3 is 2.52 bits per heavy atom. The maximum absolute atomic E-state index is 12.6. The Bertz CT molecular complexity index is 721. The third kappa shape index (κ3) is 3.15. The fraction of sp³-hybridized carbons (Fsp3) is 0.571. The number of hydrogen-bond acceptors (Lipinski definition) is 4. The van der Waals surface area contributed by atoms with Crippen LogP contribution in [0.1, 0.15) is 37.7 Å². The van der Waals surface area contributed by atoms with Gasteiger partial charge in [-0.3, -0.25) is 4.79 Å². The van der Waals surface area contributed by atoms with E-state index in [-0.39, 0.29) is 35.9 Å². The zero-order chi connectivity index (χ0) is 19.1. The molecule has 4 saturated carbocycles. The number of carbonyl (C=O) groups is 1. The monoisotopic (exact) mass is 374 g/mol. The molecular formula is C21H27FN2O3. The molecular weight excluding hydrogens is 347 g/mol. The number of nitrogens with two attached hydrogens (primary N) is 1. The topological polar surface area (TPSA) is 73.6 Å². The second kappa shape index (κ2) is 6.91. The first-order valence-corrected chi connectivity index (χ1v) is 9.58. The number of halogens is 1. The lowest BCUT2D eigenvalue weighted by atomic mass is 9.33. The first kappa shape index (κ1) is 18.4. The molecule has 1 amide bonds. The highest BCUT2D eigenvalue weighted by Crippen LogP contribution is 2.73. The molecule has 0 aromatic heterocycles. The number of hydrogen-bond donors (Lipinski definition) is 2. The quantitative estimate of drug-likeness (QED) is 0.734. The van der Waals surface area contributed by atoms with Gasteiger partial charge < -0.3 is 20.5 Å². The lowest BCUT2D eigenvalue weighted by Crippen LogP contribution is -2.71. The molecule has 4 fully saturated rings. The highest BCUT2D eigenvalue weighted by molar-refractivity contribution is 5.87. The molecule has 0 radical (unpaired) electrons. The van der Waals surface area contributed by atoms with Crippen LogP contribution in [0.5, 0.6) is 5.75 Å². The summed E-state index contributed by atoms with van der Waals surface area (Å²) >= 11 is 0. The third-order valence-corrected chi connectivity index (χ3v) is 6.58. The third-order valence-electron chi connectivity index (χ3n) is 6.58. The van der Waals surface area contributed by atoms with E-state index < -0.39 is 0 Å². The number of rotatable bonds is 8. The molecule has 5 rings (SSSR count). The van der Waals surface area contributed by atoms with Gasteiger partial charge >= 0.3 is 0 Å². The van der Waals surface area contributed by atoms with Gasteiger partial charge in [-0.15, -0.1) is 0 Å². The molecule has 3 N–H and O–H groups in total. The smallest absolute Gasteiger partial charge is 0.226 e. The average molecular weight is 374 g/mol. The van der Waals surface area contributed by atoms with Crippen molar-refractivity contribution in [2.24, 2.45) is 11.1 Å². The number of carbonyl (C=O) groups excluding carboxylic acids is 1. The van der Waals surface area contributed by atoms with Gasteiger partial charge in [0.25, 0.3) is 0 Å². The number of benzene rings is 1. The van der Waals surface area contributed by atoms with Crippen LogP contribution in [0, 0.1) is 5.41 Å².